The first kappa shape index (κ1) is 16.7. The van der Waals surface area contributed by atoms with Crippen molar-refractivity contribution in [2.24, 2.45) is 0 Å². The monoisotopic (exact) mass is 280 g/mol. The van der Waals surface area contributed by atoms with E-state index in [-0.39, 0.29) is 0 Å². The van der Waals surface area contributed by atoms with Gasteiger partial charge in [-0.15, -0.1) is 0 Å². The molecular weight excluding hydrogens is 252 g/mol. The molecule has 1 rings (SSSR count). The number of hydrogen-bond donors (Lipinski definition) is 2. The molecule has 20 heavy (non-hydrogen) atoms. The molecular formula is C15H28N4O. The van der Waals surface area contributed by atoms with Gasteiger partial charge in [-0.3, -0.25) is 0 Å². The summed E-state index contributed by atoms with van der Waals surface area (Å²) >= 11 is 0. The Morgan fingerprint density at radius 1 is 1.10 bits per heavy atom. The lowest BCUT2D eigenvalue weighted by Crippen LogP contribution is -2.10. The van der Waals surface area contributed by atoms with Gasteiger partial charge in [-0.25, -0.2) is 9.97 Å². The van der Waals surface area contributed by atoms with E-state index in [4.69, 9.17) is 4.74 Å². The first-order valence-corrected chi connectivity index (χ1v) is 7.53. The molecule has 0 bridgehead atoms. The topological polar surface area (TPSA) is 59.1 Å². The maximum atomic E-state index is 5.04. The van der Waals surface area contributed by atoms with E-state index in [1.807, 2.05) is 6.07 Å². The SMILES string of the molecule is CCCNc1cc(NCCCCOC)nc(C(C)C)n1. The van der Waals surface area contributed by atoms with E-state index in [0.717, 1.165) is 56.4 Å². The normalized spacial score (nSPS) is 10.8. The highest BCUT2D eigenvalue weighted by atomic mass is 16.5. The van der Waals surface area contributed by atoms with E-state index >= 15 is 0 Å². The summed E-state index contributed by atoms with van der Waals surface area (Å²) in [5.74, 6) is 3.02. The predicted molar refractivity (Wildman–Crippen MR) is 84.5 cm³/mol. The molecule has 5 heteroatoms. The Morgan fingerprint density at radius 2 is 1.75 bits per heavy atom. The minimum absolute atomic E-state index is 0.326. The maximum absolute atomic E-state index is 5.04. The molecule has 1 heterocycles. The zero-order valence-electron chi connectivity index (χ0n) is 13.2. The van der Waals surface area contributed by atoms with Crippen molar-refractivity contribution in [2.45, 2.75) is 46.0 Å². The van der Waals surface area contributed by atoms with Gasteiger partial charge in [0.25, 0.3) is 0 Å². The summed E-state index contributed by atoms with van der Waals surface area (Å²) in [5.41, 5.74) is 0. The number of ether oxygens (including phenoxy) is 1. The lowest BCUT2D eigenvalue weighted by molar-refractivity contribution is 0.194. The van der Waals surface area contributed by atoms with Crippen molar-refractivity contribution >= 4 is 11.6 Å². The number of rotatable bonds is 10. The summed E-state index contributed by atoms with van der Waals surface area (Å²) in [6.07, 6.45) is 3.22. The second-order valence-corrected chi connectivity index (χ2v) is 5.20. The molecule has 0 unspecified atom stereocenters. The van der Waals surface area contributed by atoms with Crippen LogP contribution in [0, 0.1) is 0 Å². The van der Waals surface area contributed by atoms with Crippen LogP contribution < -0.4 is 10.6 Å². The molecule has 5 nitrogen and oxygen atoms in total. The van der Waals surface area contributed by atoms with Gasteiger partial charge >= 0.3 is 0 Å². The van der Waals surface area contributed by atoms with E-state index in [2.05, 4.69) is 41.4 Å². The van der Waals surface area contributed by atoms with Crippen molar-refractivity contribution in [3.05, 3.63) is 11.9 Å². The Hall–Kier alpha value is -1.36. The molecule has 2 N–H and O–H groups in total. The van der Waals surface area contributed by atoms with Crippen molar-refractivity contribution < 1.29 is 4.74 Å². The minimum Gasteiger partial charge on any atom is -0.385 e. The average molecular weight is 280 g/mol. The van der Waals surface area contributed by atoms with Gasteiger partial charge in [0.05, 0.1) is 0 Å². The van der Waals surface area contributed by atoms with Gasteiger partial charge in [-0.1, -0.05) is 20.8 Å². The maximum Gasteiger partial charge on any atom is 0.135 e. The summed E-state index contributed by atoms with van der Waals surface area (Å²) in [5, 5.41) is 6.70. The molecule has 0 amide bonds. The summed E-state index contributed by atoms with van der Waals surface area (Å²) in [7, 11) is 1.73. The van der Waals surface area contributed by atoms with Crippen LogP contribution in [-0.2, 0) is 4.74 Å². The quantitative estimate of drug-likeness (QED) is 0.644. The molecule has 1 aromatic heterocycles. The van der Waals surface area contributed by atoms with Gasteiger partial charge in [0, 0.05) is 38.8 Å². The third kappa shape index (κ3) is 6.19. The smallest absolute Gasteiger partial charge is 0.135 e. The van der Waals surface area contributed by atoms with E-state index < -0.39 is 0 Å². The molecule has 114 valence electrons. The highest BCUT2D eigenvalue weighted by molar-refractivity contribution is 5.47. The molecule has 0 atom stereocenters. The third-order valence-electron chi connectivity index (χ3n) is 2.90. The van der Waals surface area contributed by atoms with Crippen LogP contribution in [0.15, 0.2) is 6.07 Å². The highest BCUT2D eigenvalue weighted by Gasteiger charge is 2.07. The lowest BCUT2D eigenvalue weighted by Gasteiger charge is -2.12. The first-order valence-electron chi connectivity index (χ1n) is 7.53. The lowest BCUT2D eigenvalue weighted by atomic mass is 10.2. The number of aromatic nitrogens is 2. The number of hydrogen-bond acceptors (Lipinski definition) is 5. The first-order chi connectivity index (χ1) is 9.67. The van der Waals surface area contributed by atoms with Gasteiger partial charge in [0.2, 0.25) is 0 Å². The van der Waals surface area contributed by atoms with E-state index in [1.165, 1.54) is 0 Å². The highest BCUT2D eigenvalue weighted by Crippen LogP contribution is 2.17. The molecule has 0 aromatic carbocycles. The van der Waals surface area contributed by atoms with E-state index in [1.54, 1.807) is 7.11 Å². The van der Waals surface area contributed by atoms with Crippen LogP contribution in [0.25, 0.3) is 0 Å². The van der Waals surface area contributed by atoms with E-state index in [9.17, 15) is 0 Å². The second-order valence-electron chi connectivity index (χ2n) is 5.20. The zero-order chi connectivity index (χ0) is 14.8. The van der Waals surface area contributed by atoms with Crippen molar-refractivity contribution in [3.63, 3.8) is 0 Å². The van der Waals surface area contributed by atoms with Crippen molar-refractivity contribution in [1.82, 2.24) is 9.97 Å². The Bertz CT molecular complexity index is 382. The Morgan fingerprint density at radius 3 is 2.30 bits per heavy atom. The van der Waals surface area contributed by atoms with Crippen molar-refractivity contribution in [1.29, 1.82) is 0 Å². The number of nitrogens with zero attached hydrogens (tertiary/aromatic N) is 2. The van der Waals surface area contributed by atoms with Gasteiger partial charge in [0.1, 0.15) is 17.5 Å². The molecule has 0 radical (unpaired) electrons. The molecule has 0 aliphatic rings. The fourth-order valence-corrected chi connectivity index (χ4v) is 1.75. The van der Waals surface area contributed by atoms with Crippen LogP contribution in [0.5, 0.6) is 0 Å². The van der Waals surface area contributed by atoms with Crippen LogP contribution in [0.2, 0.25) is 0 Å². The van der Waals surface area contributed by atoms with Crippen LogP contribution >= 0.6 is 0 Å². The van der Waals surface area contributed by atoms with Crippen LogP contribution in [0.1, 0.15) is 51.8 Å². The molecule has 0 saturated carbocycles. The minimum atomic E-state index is 0.326. The Kier molecular flexibility index (Phi) is 7.95. The van der Waals surface area contributed by atoms with Crippen LogP contribution in [0.4, 0.5) is 11.6 Å². The standard InChI is InChI=1S/C15H28N4O/c1-5-8-16-13-11-14(17-9-6-7-10-20-4)19-15(18-13)12(2)3/h11-12H,5-10H2,1-4H3,(H2,16,17,18,19). The summed E-state index contributed by atoms with van der Waals surface area (Å²) in [6.45, 7) is 9.02. The number of nitrogens with one attached hydrogen (secondary N) is 2. The van der Waals surface area contributed by atoms with Crippen LogP contribution in [0.3, 0.4) is 0 Å². The molecule has 0 aliphatic carbocycles. The zero-order valence-corrected chi connectivity index (χ0v) is 13.2. The molecule has 0 spiro atoms. The fraction of sp³-hybridized carbons (Fsp3) is 0.733. The van der Waals surface area contributed by atoms with E-state index in [0.29, 0.717) is 5.92 Å². The van der Waals surface area contributed by atoms with Gasteiger partial charge in [0.15, 0.2) is 0 Å². The summed E-state index contributed by atoms with van der Waals surface area (Å²) < 4.78 is 5.04. The summed E-state index contributed by atoms with van der Waals surface area (Å²) in [6, 6.07) is 1.98. The summed E-state index contributed by atoms with van der Waals surface area (Å²) in [4.78, 5) is 9.11. The van der Waals surface area contributed by atoms with Crippen molar-refractivity contribution in [2.75, 3.05) is 37.4 Å². The van der Waals surface area contributed by atoms with Gasteiger partial charge in [-0.2, -0.15) is 0 Å². The fourth-order valence-electron chi connectivity index (χ4n) is 1.75. The molecule has 1 aromatic rings. The molecule has 0 fully saturated rings. The second kappa shape index (κ2) is 9.53. The Labute approximate surface area is 122 Å². The third-order valence-corrected chi connectivity index (χ3v) is 2.90. The van der Waals surface area contributed by atoms with Gasteiger partial charge in [-0.05, 0) is 19.3 Å². The van der Waals surface area contributed by atoms with Crippen LogP contribution in [-0.4, -0.2) is 36.8 Å². The predicted octanol–water partition coefficient (Wildman–Crippen LogP) is 3.26. The molecule has 0 saturated heterocycles. The Balaban J connectivity index is 2.60. The largest absolute Gasteiger partial charge is 0.385 e. The number of unbranched alkanes of at least 4 members (excludes halogenated alkanes) is 1. The average Bonchev–Trinajstić information content (AvgIpc) is 2.44. The van der Waals surface area contributed by atoms with Crippen molar-refractivity contribution in [3.8, 4) is 0 Å². The number of anilines is 2. The number of methoxy groups -OCH3 is 1. The van der Waals surface area contributed by atoms with Gasteiger partial charge < -0.3 is 15.4 Å². The molecule has 0 aliphatic heterocycles.